The monoisotopic (exact) mass is 215 g/mol. The number of rotatable bonds is 5. The van der Waals surface area contributed by atoms with E-state index in [0.717, 1.165) is 19.5 Å². The summed E-state index contributed by atoms with van der Waals surface area (Å²) >= 11 is 0. The van der Waals surface area contributed by atoms with Crippen LogP contribution in [0.2, 0.25) is 0 Å². The first-order valence-corrected chi connectivity index (χ1v) is 5.39. The number of nitrogens with one attached hydrogen (secondary N) is 1. The van der Waals surface area contributed by atoms with Crippen molar-refractivity contribution in [3.05, 3.63) is 0 Å². The summed E-state index contributed by atoms with van der Waals surface area (Å²) in [5.41, 5.74) is 5.79. The van der Waals surface area contributed by atoms with Crippen LogP contribution in [0.1, 0.15) is 6.42 Å². The first-order chi connectivity index (χ1) is 7.16. The van der Waals surface area contributed by atoms with Crippen LogP contribution in [-0.2, 0) is 9.53 Å². The number of nitrogens with two attached hydrogens (primary N) is 1. The van der Waals surface area contributed by atoms with Crippen LogP contribution in [0.5, 0.6) is 0 Å². The molecule has 0 aliphatic carbocycles. The van der Waals surface area contributed by atoms with Crippen molar-refractivity contribution in [1.29, 1.82) is 0 Å². The van der Waals surface area contributed by atoms with Gasteiger partial charge in [0.05, 0.1) is 19.1 Å². The number of ether oxygens (including phenoxy) is 1. The molecule has 2 atom stereocenters. The van der Waals surface area contributed by atoms with Crippen molar-refractivity contribution in [2.75, 3.05) is 40.4 Å². The Morgan fingerprint density at radius 2 is 2.33 bits per heavy atom. The lowest BCUT2D eigenvalue weighted by molar-refractivity contribution is -0.134. The van der Waals surface area contributed by atoms with Gasteiger partial charge in [-0.2, -0.15) is 0 Å². The van der Waals surface area contributed by atoms with Crippen LogP contribution in [0, 0.1) is 5.92 Å². The molecule has 2 unspecified atom stereocenters. The molecule has 88 valence electrons. The molecule has 5 nitrogen and oxygen atoms in total. The maximum absolute atomic E-state index is 11.9. The average Bonchev–Trinajstić information content (AvgIpc) is 2.63. The summed E-state index contributed by atoms with van der Waals surface area (Å²) in [4.78, 5) is 13.6. The summed E-state index contributed by atoms with van der Waals surface area (Å²) in [7, 11) is 3.73. The topological polar surface area (TPSA) is 67.6 Å². The molecule has 0 aromatic carbocycles. The molecule has 0 aromatic rings. The number of amides is 1. The average molecular weight is 215 g/mol. The first kappa shape index (κ1) is 12.4. The molecule has 1 saturated heterocycles. The van der Waals surface area contributed by atoms with Crippen LogP contribution in [0.4, 0.5) is 0 Å². The molecule has 0 aromatic heterocycles. The standard InChI is InChI=1S/C10H21N3O2/c1-12-4-3-5-13(2)10(14)8-6-15-7-9(8)11/h8-9,12H,3-7,11H2,1-2H3. The Labute approximate surface area is 90.9 Å². The Morgan fingerprint density at radius 1 is 1.60 bits per heavy atom. The summed E-state index contributed by atoms with van der Waals surface area (Å²) in [6.07, 6.45) is 0.960. The van der Waals surface area contributed by atoms with E-state index in [4.69, 9.17) is 10.5 Å². The fourth-order valence-corrected chi connectivity index (χ4v) is 1.71. The van der Waals surface area contributed by atoms with E-state index in [1.807, 2.05) is 14.1 Å². The minimum absolute atomic E-state index is 0.108. The molecule has 5 heteroatoms. The van der Waals surface area contributed by atoms with Gasteiger partial charge in [0.25, 0.3) is 0 Å². The van der Waals surface area contributed by atoms with Crippen LogP contribution in [0.3, 0.4) is 0 Å². The molecule has 1 aliphatic heterocycles. The van der Waals surface area contributed by atoms with Gasteiger partial charge in [-0.15, -0.1) is 0 Å². The lowest BCUT2D eigenvalue weighted by Crippen LogP contribution is -2.42. The Kier molecular flexibility index (Phi) is 5.01. The number of carbonyl (C=O) groups is 1. The highest BCUT2D eigenvalue weighted by Gasteiger charge is 2.32. The third-order valence-electron chi connectivity index (χ3n) is 2.74. The maximum Gasteiger partial charge on any atom is 0.229 e. The summed E-state index contributed by atoms with van der Waals surface area (Å²) in [5, 5.41) is 3.05. The molecule has 0 spiro atoms. The highest BCUT2D eigenvalue weighted by atomic mass is 16.5. The van der Waals surface area contributed by atoms with E-state index in [9.17, 15) is 4.79 Å². The highest BCUT2D eigenvalue weighted by molar-refractivity contribution is 5.79. The molecule has 0 bridgehead atoms. The van der Waals surface area contributed by atoms with Crippen LogP contribution in [0.25, 0.3) is 0 Å². The van der Waals surface area contributed by atoms with Gasteiger partial charge in [0, 0.05) is 19.6 Å². The van der Waals surface area contributed by atoms with Crippen LogP contribution in [-0.4, -0.2) is 57.2 Å². The van der Waals surface area contributed by atoms with Gasteiger partial charge in [0.15, 0.2) is 0 Å². The van der Waals surface area contributed by atoms with Gasteiger partial charge >= 0.3 is 0 Å². The zero-order valence-corrected chi connectivity index (χ0v) is 9.53. The predicted octanol–water partition coefficient (Wildman–Crippen LogP) is -0.972. The SMILES string of the molecule is CNCCCN(C)C(=O)C1COCC1N. The van der Waals surface area contributed by atoms with Gasteiger partial charge in [-0.3, -0.25) is 4.79 Å². The second kappa shape index (κ2) is 6.05. The minimum atomic E-state index is -0.149. The minimum Gasteiger partial charge on any atom is -0.379 e. The Hall–Kier alpha value is -0.650. The number of hydrogen-bond acceptors (Lipinski definition) is 4. The number of carbonyl (C=O) groups excluding carboxylic acids is 1. The highest BCUT2D eigenvalue weighted by Crippen LogP contribution is 2.14. The summed E-state index contributed by atoms with van der Waals surface area (Å²) in [6.45, 7) is 2.66. The zero-order chi connectivity index (χ0) is 11.3. The van der Waals surface area contributed by atoms with E-state index in [-0.39, 0.29) is 17.9 Å². The van der Waals surface area contributed by atoms with E-state index < -0.39 is 0 Å². The van der Waals surface area contributed by atoms with Gasteiger partial charge in [-0.1, -0.05) is 0 Å². The summed E-state index contributed by atoms with van der Waals surface area (Å²) < 4.78 is 5.18. The summed E-state index contributed by atoms with van der Waals surface area (Å²) in [5.74, 6) is -0.0410. The van der Waals surface area contributed by atoms with E-state index in [2.05, 4.69) is 5.32 Å². The Balaban J connectivity index is 2.31. The quantitative estimate of drug-likeness (QED) is 0.579. The molecule has 1 rings (SSSR count). The van der Waals surface area contributed by atoms with Crippen LogP contribution in [0.15, 0.2) is 0 Å². The Morgan fingerprint density at radius 3 is 2.87 bits per heavy atom. The molecule has 15 heavy (non-hydrogen) atoms. The van der Waals surface area contributed by atoms with Crippen molar-refractivity contribution >= 4 is 5.91 Å². The summed E-state index contributed by atoms with van der Waals surface area (Å²) in [6, 6.07) is -0.135. The second-order valence-corrected chi connectivity index (χ2v) is 4.02. The van der Waals surface area contributed by atoms with E-state index in [1.54, 1.807) is 4.90 Å². The van der Waals surface area contributed by atoms with Crippen molar-refractivity contribution in [2.45, 2.75) is 12.5 Å². The maximum atomic E-state index is 11.9. The molecule has 0 saturated carbocycles. The molecular weight excluding hydrogens is 194 g/mol. The third-order valence-corrected chi connectivity index (χ3v) is 2.74. The van der Waals surface area contributed by atoms with Crippen molar-refractivity contribution < 1.29 is 9.53 Å². The molecule has 3 N–H and O–H groups in total. The molecular formula is C10H21N3O2. The number of nitrogens with zero attached hydrogens (tertiary/aromatic N) is 1. The van der Waals surface area contributed by atoms with Gasteiger partial charge < -0.3 is 20.7 Å². The van der Waals surface area contributed by atoms with Gasteiger partial charge in [0.1, 0.15) is 0 Å². The third kappa shape index (κ3) is 3.44. The van der Waals surface area contributed by atoms with Crippen molar-refractivity contribution in [2.24, 2.45) is 11.7 Å². The van der Waals surface area contributed by atoms with Crippen LogP contribution >= 0.6 is 0 Å². The van der Waals surface area contributed by atoms with Gasteiger partial charge in [0.2, 0.25) is 5.91 Å². The lowest BCUT2D eigenvalue weighted by Gasteiger charge is -2.22. The van der Waals surface area contributed by atoms with Crippen LogP contribution < -0.4 is 11.1 Å². The Bertz CT molecular complexity index is 211. The predicted molar refractivity (Wildman–Crippen MR) is 58.5 cm³/mol. The largest absolute Gasteiger partial charge is 0.379 e. The molecule has 0 radical (unpaired) electrons. The van der Waals surface area contributed by atoms with Crippen molar-refractivity contribution in [3.63, 3.8) is 0 Å². The fourth-order valence-electron chi connectivity index (χ4n) is 1.71. The number of hydrogen-bond donors (Lipinski definition) is 2. The van der Waals surface area contributed by atoms with Crippen molar-refractivity contribution in [1.82, 2.24) is 10.2 Å². The van der Waals surface area contributed by atoms with Crippen molar-refractivity contribution in [3.8, 4) is 0 Å². The molecule has 1 amide bonds. The normalized spacial score (nSPS) is 25.5. The van der Waals surface area contributed by atoms with E-state index >= 15 is 0 Å². The lowest BCUT2D eigenvalue weighted by atomic mass is 10.0. The molecule has 1 heterocycles. The van der Waals surface area contributed by atoms with E-state index in [0.29, 0.717) is 13.2 Å². The van der Waals surface area contributed by atoms with Gasteiger partial charge in [-0.05, 0) is 20.0 Å². The molecule has 1 aliphatic rings. The second-order valence-electron chi connectivity index (χ2n) is 4.02. The first-order valence-electron chi connectivity index (χ1n) is 5.39. The zero-order valence-electron chi connectivity index (χ0n) is 9.53. The fraction of sp³-hybridized carbons (Fsp3) is 0.900. The smallest absolute Gasteiger partial charge is 0.229 e. The van der Waals surface area contributed by atoms with Gasteiger partial charge in [-0.25, -0.2) is 0 Å². The van der Waals surface area contributed by atoms with E-state index in [1.165, 1.54) is 0 Å². The molecule has 1 fully saturated rings.